The van der Waals surface area contributed by atoms with E-state index in [-0.39, 0.29) is 11.9 Å². The number of nitrogens with zero attached hydrogens (tertiary/aromatic N) is 3. The monoisotopic (exact) mass is 430 g/mol. The number of ether oxygens (including phenoxy) is 2. The average molecular weight is 431 g/mol. The van der Waals surface area contributed by atoms with Crippen LogP contribution in [0.15, 0.2) is 12.1 Å². The summed E-state index contributed by atoms with van der Waals surface area (Å²) in [6.07, 6.45) is 3.61. The highest BCUT2D eigenvalue weighted by atomic mass is 16.5. The molecule has 3 heterocycles. The predicted octanol–water partition coefficient (Wildman–Crippen LogP) is 1.75. The first-order valence-electron chi connectivity index (χ1n) is 11.5. The van der Waals surface area contributed by atoms with Crippen molar-refractivity contribution in [2.45, 2.75) is 45.6 Å². The maximum atomic E-state index is 13.3. The van der Waals surface area contributed by atoms with Gasteiger partial charge in [-0.05, 0) is 57.6 Å². The Bertz CT molecular complexity index is 826. The number of hydrogen-bond donors (Lipinski definition) is 1. The highest BCUT2D eigenvalue weighted by molar-refractivity contribution is 5.98. The molecule has 0 radical (unpaired) electrons. The molecule has 31 heavy (non-hydrogen) atoms. The van der Waals surface area contributed by atoms with Gasteiger partial charge in [0, 0.05) is 37.9 Å². The van der Waals surface area contributed by atoms with Gasteiger partial charge < -0.3 is 20.1 Å². The molecule has 170 valence electrons. The molecule has 2 aliphatic heterocycles. The van der Waals surface area contributed by atoms with E-state index >= 15 is 0 Å². The van der Waals surface area contributed by atoms with Crippen molar-refractivity contribution in [3.8, 4) is 0 Å². The number of carbonyl (C=O) groups is 2. The van der Waals surface area contributed by atoms with Crippen LogP contribution < -0.4 is 10.6 Å². The first-order valence-corrected chi connectivity index (χ1v) is 11.5. The fourth-order valence-electron chi connectivity index (χ4n) is 5.67. The van der Waals surface area contributed by atoms with E-state index in [9.17, 15) is 9.59 Å². The summed E-state index contributed by atoms with van der Waals surface area (Å²) in [5.41, 5.74) is 6.29. The van der Waals surface area contributed by atoms with E-state index in [0.29, 0.717) is 30.6 Å². The molecule has 2 N–H and O–H groups in total. The summed E-state index contributed by atoms with van der Waals surface area (Å²) in [6, 6.07) is 4.02. The van der Waals surface area contributed by atoms with Crippen LogP contribution in [0.4, 0.5) is 5.82 Å². The second-order valence-corrected chi connectivity index (χ2v) is 9.05. The van der Waals surface area contributed by atoms with Crippen molar-refractivity contribution >= 4 is 17.7 Å². The van der Waals surface area contributed by atoms with Crippen LogP contribution >= 0.6 is 0 Å². The zero-order valence-corrected chi connectivity index (χ0v) is 18.6. The Kier molecular flexibility index (Phi) is 6.48. The molecule has 3 aliphatic rings. The highest BCUT2D eigenvalue weighted by Crippen LogP contribution is 2.49. The molecule has 1 aliphatic carbocycles. The van der Waals surface area contributed by atoms with E-state index in [1.165, 1.54) is 0 Å². The minimum absolute atomic E-state index is 0.113. The van der Waals surface area contributed by atoms with Crippen LogP contribution in [-0.4, -0.2) is 73.8 Å². The van der Waals surface area contributed by atoms with Gasteiger partial charge in [-0.2, -0.15) is 0 Å². The number of morpholine rings is 1. The predicted molar refractivity (Wildman–Crippen MR) is 117 cm³/mol. The summed E-state index contributed by atoms with van der Waals surface area (Å²) < 4.78 is 11.1. The van der Waals surface area contributed by atoms with Crippen LogP contribution in [0.25, 0.3) is 0 Å². The Morgan fingerprint density at radius 3 is 2.74 bits per heavy atom. The normalized spacial score (nSPS) is 29.3. The molecule has 1 amide bonds. The molecule has 0 unspecified atom stereocenters. The molecular formula is C23H34N4O4. The van der Waals surface area contributed by atoms with E-state index in [0.717, 1.165) is 64.2 Å². The lowest BCUT2D eigenvalue weighted by Crippen LogP contribution is -2.59. The molecule has 0 aromatic carbocycles. The van der Waals surface area contributed by atoms with Crippen LogP contribution in [0.5, 0.6) is 0 Å². The van der Waals surface area contributed by atoms with Gasteiger partial charge in [-0.15, -0.1) is 0 Å². The zero-order valence-electron chi connectivity index (χ0n) is 18.6. The fraction of sp³-hybridized carbons (Fsp3) is 0.696. The largest absolute Gasteiger partial charge is 0.466 e. The van der Waals surface area contributed by atoms with Crippen molar-refractivity contribution < 1.29 is 19.1 Å². The number of esters is 1. The molecule has 3 fully saturated rings. The highest BCUT2D eigenvalue weighted by Gasteiger charge is 2.54. The van der Waals surface area contributed by atoms with Crippen LogP contribution in [-0.2, 0) is 14.3 Å². The van der Waals surface area contributed by atoms with Crippen LogP contribution in [0.1, 0.15) is 48.7 Å². The number of piperidine rings is 1. The molecule has 3 atom stereocenters. The summed E-state index contributed by atoms with van der Waals surface area (Å²) in [7, 11) is 0. The molecular weight excluding hydrogens is 396 g/mol. The number of primary amides is 1. The summed E-state index contributed by atoms with van der Waals surface area (Å²) in [4.78, 5) is 34.6. The van der Waals surface area contributed by atoms with E-state index in [1.54, 1.807) is 12.1 Å². The maximum Gasteiger partial charge on any atom is 0.314 e. The second kappa shape index (κ2) is 9.12. The van der Waals surface area contributed by atoms with E-state index < -0.39 is 11.3 Å². The lowest BCUT2D eigenvalue weighted by atomic mass is 9.61. The molecule has 8 nitrogen and oxygen atoms in total. The number of aryl methyl sites for hydroxylation is 1. The molecule has 0 spiro atoms. The Labute approximate surface area is 184 Å². The smallest absolute Gasteiger partial charge is 0.314 e. The summed E-state index contributed by atoms with van der Waals surface area (Å²) in [5, 5.41) is 0. The van der Waals surface area contributed by atoms with Crippen LogP contribution in [0.3, 0.4) is 0 Å². The van der Waals surface area contributed by atoms with Crippen molar-refractivity contribution in [2.75, 3.05) is 50.9 Å². The van der Waals surface area contributed by atoms with Crippen molar-refractivity contribution in [3.05, 3.63) is 23.4 Å². The van der Waals surface area contributed by atoms with E-state index in [1.807, 2.05) is 13.8 Å². The minimum Gasteiger partial charge on any atom is -0.466 e. The fourth-order valence-corrected chi connectivity index (χ4v) is 5.67. The van der Waals surface area contributed by atoms with Gasteiger partial charge in [-0.3, -0.25) is 14.5 Å². The molecule has 8 heteroatoms. The Balaban J connectivity index is 1.61. The van der Waals surface area contributed by atoms with Crippen molar-refractivity contribution in [2.24, 2.45) is 17.1 Å². The van der Waals surface area contributed by atoms with Crippen molar-refractivity contribution in [1.82, 2.24) is 9.88 Å². The quantitative estimate of drug-likeness (QED) is 0.711. The Morgan fingerprint density at radius 2 is 2.03 bits per heavy atom. The molecule has 1 saturated carbocycles. The first-order chi connectivity index (χ1) is 14.9. The van der Waals surface area contributed by atoms with Crippen LogP contribution in [0, 0.1) is 18.3 Å². The number of pyridine rings is 1. The summed E-state index contributed by atoms with van der Waals surface area (Å²) in [6.45, 7) is 8.89. The molecule has 0 bridgehead atoms. The number of anilines is 1. The van der Waals surface area contributed by atoms with Gasteiger partial charge >= 0.3 is 5.97 Å². The Hall–Kier alpha value is -2.19. The number of amides is 1. The van der Waals surface area contributed by atoms with Gasteiger partial charge in [-0.25, -0.2) is 4.98 Å². The third-order valence-corrected chi connectivity index (χ3v) is 7.31. The third kappa shape index (κ3) is 4.28. The zero-order chi connectivity index (χ0) is 22.0. The Morgan fingerprint density at radius 1 is 1.26 bits per heavy atom. The van der Waals surface area contributed by atoms with Crippen LogP contribution in [0.2, 0.25) is 0 Å². The van der Waals surface area contributed by atoms with E-state index in [4.69, 9.17) is 15.2 Å². The summed E-state index contributed by atoms with van der Waals surface area (Å²) in [5.74, 6) is 0.236. The summed E-state index contributed by atoms with van der Waals surface area (Å²) >= 11 is 0. The minimum atomic E-state index is -0.572. The maximum absolute atomic E-state index is 13.3. The van der Waals surface area contributed by atoms with Gasteiger partial charge in [-0.1, -0.05) is 0 Å². The number of hydrogen-bond acceptors (Lipinski definition) is 7. The SMILES string of the molecule is CCOC(=O)[C@@]12CC[C@H](N3CCOCC3)C[C@H]1CCN(c1nc(C)ccc1C(N)=O)C2. The average Bonchev–Trinajstić information content (AvgIpc) is 2.78. The van der Waals surface area contributed by atoms with Gasteiger partial charge in [0.25, 0.3) is 5.91 Å². The topological polar surface area (TPSA) is 98.0 Å². The lowest BCUT2D eigenvalue weighted by Gasteiger charge is -2.52. The van der Waals surface area contributed by atoms with Gasteiger partial charge in [0.1, 0.15) is 5.82 Å². The first kappa shape index (κ1) is 22.0. The standard InChI is InChI=1S/C23H34N4O4/c1-3-31-22(29)23-8-6-18(26-10-12-30-13-11-26)14-17(23)7-9-27(15-23)21-19(20(24)28)5-4-16(2)25-21/h4-5,17-18H,3,6-15H2,1-2H3,(H2,24,28)/t17-,18+,23-/m1/s1. The molecule has 1 aromatic heterocycles. The van der Waals surface area contributed by atoms with Gasteiger partial charge in [0.15, 0.2) is 0 Å². The number of carbonyl (C=O) groups excluding carboxylic acids is 2. The number of nitrogens with two attached hydrogens (primary N) is 1. The van der Waals surface area contributed by atoms with Crippen molar-refractivity contribution in [1.29, 1.82) is 0 Å². The third-order valence-electron chi connectivity index (χ3n) is 7.31. The number of fused-ring (bicyclic) bond motifs is 1. The number of aromatic nitrogens is 1. The number of rotatable bonds is 5. The molecule has 2 saturated heterocycles. The van der Waals surface area contributed by atoms with Crippen molar-refractivity contribution in [3.63, 3.8) is 0 Å². The van der Waals surface area contributed by atoms with Gasteiger partial charge in [0.2, 0.25) is 0 Å². The van der Waals surface area contributed by atoms with Gasteiger partial charge in [0.05, 0.1) is 30.8 Å². The second-order valence-electron chi connectivity index (χ2n) is 9.05. The molecule has 1 aromatic rings. The molecule has 4 rings (SSSR count). The van der Waals surface area contributed by atoms with E-state index in [2.05, 4.69) is 14.8 Å². The lowest BCUT2D eigenvalue weighted by molar-refractivity contribution is -0.164.